The summed E-state index contributed by atoms with van der Waals surface area (Å²) in [5.74, 6) is 0.324. The zero-order valence-electron chi connectivity index (χ0n) is 11.2. The van der Waals surface area contributed by atoms with Crippen molar-refractivity contribution in [1.82, 2.24) is 15.3 Å². The first-order valence-electron chi connectivity index (χ1n) is 6.57. The Bertz CT molecular complexity index is 706. The second kappa shape index (κ2) is 4.62. The predicted octanol–water partition coefficient (Wildman–Crippen LogP) is 1.52. The maximum absolute atomic E-state index is 12.3. The summed E-state index contributed by atoms with van der Waals surface area (Å²) in [6.45, 7) is 2.75. The first kappa shape index (κ1) is 12.6. The second-order valence-electron chi connectivity index (χ2n) is 5.25. The van der Waals surface area contributed by atoms with Crippen molar-refractivity contribution < 1.29 is 4.79 Å². The number of imidazole rings is 1. The maximum atomic E-state index is 12.3. The lowest BCUT2D eigenvalue weighted by molar-refractivity contribution is -0.121. The highest BCUT2D eigenvalue weighted by Crippen LogP contribution is 2.21. The summed E-state index contributed by atoms with van der Waals surface area (Å²) in [4.78, 5) is 19.6. The van der Waals surface area contributed by atoms with Gasteiger partial charge in [0.2, 0.25) is 11.9 Å². The molecule has 2 aromatic rings. The predicted molar refractivity (Wildman–Crippen MR) is 75.1 cm³/mol. The number of amides is 1. The Kier molecular flexibility index (Phi) is 2.92. The van der Waals surface area contributed by atoms with Crippen molar-refractivity contribution in [2.45, 2.75) is 25.3 Å². The standard InChI is InChI=1S/C14H15N5O/c1-14(5-2-6-16-14)12(20)19-13-17-10-4-3-9(8-15)7-11(10)18-13/h3-4,7,16H,2,5-6H2,1H3,(H2,17,18,19,20). The molecule has 1 atom stereocenters. The summed E-state index contributed by atoms with van der Waals surface area (Å²) >= 11 is 0. The van der Waals surface area contributed by atoms with Gasteiger partial charge in [-0.3, -0.25) is 10.1 Å². The molecule has 1 saturated heterocycles. The van der Waals surface area contributed by atoms with Crippen molar-refractivity contribution in [2.75, 3.05) is 11.9 Å². The van der Waals surface area contributed by atoms with Crippen LogP contribution >= 0.6 is 0 Å². The van der Waals surface area contributed by atoms with E-state index < -0.39 is 5.54 Å². The molecule has 0 spiro atoms. The van der Waals surface area contributed by atoms with Crippen LogP contribution in [0.25, 0.3) is 11.0 Å². The van der Waals surface area contributed by atoms with Crippen LogP contribution in [0.3, 0.4) is 0 Å². The molecule has 6 heteroatoms. The Morgan fingerprint density at radius 2 is 2.40 bits per heavy atom. The number of aromatic nitrogens is 2. The molecule has 0 bridgehead atoms. The van der Waals surface area contributed by atoms with Gasteiger partial charge in [0, 0.05) is 0 Å². The van der Waals surface area contributed by atoms with Crippen molar-refractivity contribution in [3.8, 4) is 6.07 Å². The molecule has 2 heterocycles. The zero-order chi connectivity index (χ0) is 14.2. The van der Waals surface area contributed by atoms with E-state index in [0.29, 0.717) is 11.5 Å². The van der Waals surface area contributed by atoms with E-state index in [-0.39, 0.29) is 5.91 Å². The molecule has 3 rings (SSSR count). The summed E-state index contributed by atoms with van der Waals surface area (Å²) in [6.07, 6.45) is 1.81. The Hall–Kier alpha value is -2.39. The average Bonchev–Trinajstić information content (AvgIpc) is 3.04. The quantitative estimate of drug-likeness (QED) is 0.770. The van der Waals surface area contributed by atoms with Gasteiger partial charge >= 0.3 is 0 Å². The third-order valence-corrected chi connectivity index (χ3v) is 3.71. The molecule has 0 radical (unpaired) electrons. The highest BCUT2D eigenvalue weighted by Gasteiger charge is 2.36. The van der Waals surface area contributed by atoms with Gasteiger partial charge in [-0.1, -0.05) is 0 Å². The minimum absolute atomic E-state index is 0.0884. The summed E-state index contributed by atoms with van der Waals surface area (Å²) in [5.41, 5.74) is 1.49. The summed E-state index contributed by atoms with van der Waals surface area (Å²) in [7, 11) is 0. The number of nitrogens with zero attached hydrogens (tertiary/aromatic N) is 2. The number of benzene rings is 1. The van der Waals surface area contributed by atoms with Crippen LogP contribution in [-0.4, -0.2) is 28.0 Å². The molecule has 1 fully saturated rings. The van der Waals surface area contributed by atoms with E-state index in [1.54, 1.807) is 18.2 Å². The van der Waals surface area contributed by atoms with Gasteiger partial charge in [-0.25, -0.2) is 4.98 Å². The van der Waals surface area contributed by atoms with E-state index in [9.17, 15) is 4.79 Å². The molecule has 1 aromatic carbocycles. The molecular weight excluding hydrogens is 254 g/mol. The smallest absolute Gasteiger partial charge is 0.246 e. The number of rotatable bonds is 2. The third kappa shape index (κ3) is 2.12. The Balaban J connectivity index is 1.84. The van der Waals surface area contributed by atoms with E-state index in [1.807, 2.05) is 6.92 Å². The van der Waals surface area contributed by atoms with Crippen LogP contribution in [0.5, 0.6) is 0 Å². The molecule has 6 nitrogen and oxygen atoms in total. The van der Waals surface area contributed by atoms with Crippen LogP contribution in [0.15, 0.2) is 18.2 Å². The molecule has 1 amide bonds. The molecule has 20 heavy (non-hydrogen) atoms. The van der Waals surface area contributed by atoms with Gasteiger partial charge in [-0.15, -0.1) is 0 Å². The van der Waals surface area contributed by atoms with Gasteiger partial charge in [0.15, 0.2) is 0 Å². The van der Waals surface area contributed by atoms with Crippen molar-refractivity contribution in [3.05, 3.63) is 23.8 Å². The number of H-pyrrole nitrogens is 1. The lowest BCUT2D eigenvalue weighted by Crippen LogP contribution is -2.48. The zero-order valence-corrected chi connectivity index (χ0v) is 11.2. The molecule has 1 aliphatic heterocycles. The van der Waals surface area contributed by atoms with E-state index in [2.05, 4.69) is 26.7 Å². The number of carbonyl (C=O) groups excluding carboxylic acids is 1. The first-order chi connectivity index (χ1) is 9.60. The Labute approximate surface area is 116 Å². The maximum Gasteiger partial charge on any atom is 0.246 e. The fourth-order valence-corrected chi connectivity index (χ4v) is 2.47. The van der Waals surface area contributed by atoms with E-state index in [4.69, 9.17) is 5.26 Å². The molecule has 1 aliphatic rings. The van der Waals surface area contributed by atoms with Crippen LogP contribution in [0, 0.1) is 11.3 Å². The largest absolute Gasteiger partial charge is 0.324 e. The van der Waals surface area contributed by atoms with Gasteiger partial charge < -0.3 is 10.3 Å². The van der Waals surface area contributed by atoms with Gasteiger partial charge in [0.1, 0.15) is 0 Å². The summed E-state index contributed by atoms with van der Waals surface area (Å²) in [6, 6.07) is 7.25. The van der Waals surface area contributed by atoms with Crippen LogP contribution < -0.4 is 10.6 Å². The first-order valence-corrected chi connectivity index (χ1v) is 6.57. The van der Waals surface area contributed by atoms with E-state index in [1.165, 1.54) is 0 Å². The third-order valence-electron chi connectivity index (χ3n) is 3.71. The van der Waals surface area contributed by atoms with Gasteiger partial charge in [-0.2, -0.15) is 5.26 Å². The van der Waals surface area contributed by atoms with Crippen LogP contribution in [0.2, 0.25) is 0 Å². The molecule has 1 aromatic heterocycles. The van der Waals surface area contributed by atoms with Crippen LogP contribution in [-0.2, 0) is 4.79 Å². The van der Waals surface area contributed by atoms with Gasteiger partial charge in [-0.05, 0) is 44.5 Å². The van der Waals surface area contributed by atoms with Crippen LogP contribution in [0.4, 0.5) is 5.95 Å². The number of nitriles is 1. The number of hydrogen-bond donors (Lipinski definition) is 3. The Morgan fingerprint density at radius 3 is 3.10 bits per heavy atom. The number of fused-ring (bicyclic) bond motifs is 1. The minimum atomic E-state index is -0.531. The highest BCUT2D eigenvalue weighted by atomic mass is 16.2. The van der Waals surface area contributed by atoms with Crippen molar-refractivity contribution in [2.24, 2.45) is 0 Å². The fraction of sp³-hybridized carbons (Fsp3) is 0.357. The molecular formula is C14H15N5O. The van der Waals surface area contributed by atoms with Gasteiger partial charge in [0.25, 0.3) is 0 Å². The number of nitrogens with one attached hydrogen (secondary N) is 3. The van der Waals surface area contributed by atoms with Crippen molar-refractivity contribution in [3.63, 3.8) is 0 Å². The normalized spacial score (nSPS) is 21.8. The number of anilines is 1. The summed E-state index contributed by atoms with van der Waals surface area (Å²) in [5, 5.41) is 14.9. The van der Waals surface area contributed by atoms with E-state index >= 15 is 0 Å². The molecule has 0 saturated carbocycles. The topological polar surface area (TPSA) is 93.6 Å². The molecule has 0 aliphatic carbocycles. The molecule has 102 valence electrons. The molecule has 3 N–H and O–H groups in total. The summed E-state index contributed by atoms with van der Waals surface area (Å²) < 4.78 is 0. The lowest BCUT2D eigenvalue weighted by Gasteiger charge is -2.22. The monoisotopic (exact) mass is 269 g/mol. The second-order valence-corrected chi connectivity index (χ2v) is 5.25. The van der Waals surface area contributed by atoms with E-state index in [0.717, 1.165) is 30.4 Å². The Morgan fingerprint density at radius 1 is 1.55 bits per heavy atom. The fourth-order valence-electron chi connectivity index (χ4n) is 2.47. The SMILES string of the molecule is CC1(C(=O)Nc2nc3ccc(C#N)cc3[nH]2)CCCN1. The molecule has 1 unspecified atom stereocenters. The van der Waals surface area contributed by atoms with Crippen LogP contribution in [0.1, 0.15) is 25.3 Å². The van der Waals surface area contributed by atoms with Crippen molar-refractivity contribution >= 4 is 22.9 Å². The van der Waals surface area contributed by atoms with Gasteiger partial charge in [0.05, 0.1) is 28.2 Å². The number of hydrogen-bond acceptors (Lipinski definition) is 4. The van der Waals surface area contributed by atoms with Crippen molar-refractivity contribution in [1.29, 1.82) is 5.26 Å². The lowest BCUT2D eigenvalue weighted by atomic mass is 10.00. The number of aromatic amines is 1. The minimum Gasteiger partial charge on any atom is -0.324 e. The highest BCUT2D eigenvalue weighted by molar-refractivity contribution is 5.97. The average molecular weight is 269 g/mol. The number of carbonyl (C=O) groups is 1.